The first-order chi connectivity index (χ1) is 11.2. The zero-order valence-corrected chi connectivity index (χ0v) is 13.5. The van der Waals surface area contributed by atoms with Gasteiger partial charge in [-0.15, -0.1) is 0 Å². The topological polar surface area (TPSA) is 52.6 Å². The minimum atomic E-state index is -0.541. The van der Waals surface area contributed by atoms with E-state index in [1.807, 2.05) is 17.9 Å². The molecule has 3 rings (SSSR count). The minimum absolute atomic E-state index is 0.101. The number of nitrogens with zero attached hydrogens (tertiary/aromatic N) is 1. The van der Waals surface area contributed by atoms with Crippen LogP contribution in [0, 0.1) is 0 Å². The van der Waals surface area contributed by atoms with Gasteiger partial charge < -0.3 is 10.0 Å². The highest BCUT2D eigenvalue weighted by Gasteiger charge is 2.30. The summed E-state index contributed by atoms with van der Waals surface area (Å²) in [6.07, 6.45) is 1.67. The lowest BCUT2D eigenvalue weighted by Gasteiger charge is -2.24. The third kappa shape index (κ3) is 3.54. The second-order valence-electron chi connectivity index (χ2n) is 6.12. The molecule has 122 valence electrons. The molecule has 1 heterocycles. The lowest BCUT2D eigenvalue weighted by molar-refractivity contribution is -0.133. The Morgan fingerprint density at radius 2 is 2.00 bits per heavy atom. The maximum atomic E-state index is 12.6. The van der Waals surface area contributed by atoms with E-state index in [1.54, 1.807) is 0 Å². The molecule has 2 aromatic rings. The highest BCUT2D eigenvalue weighted by molar-refractivity contribution is 5.86. The summed E-state index contributed by atoms with van der Waals surface area (Å²) in [5, 5.41) is 15.0. The molecule has 4 heteroatoms. The van der Waals surface area contributed by atoms with Crippen LogP contribution in [0.1, 0.15) is 25.3 Å². The van der Waals surface area contributed by atoms with E-state index in [-0.39, 0.29) is 11.9 Å². The van der Waals surface area contributed by atoms with Crippen LogP contribution >= 0.6 is 0 Å². The highest BCUT2D eigenvalue weighted by atomic mass is 16.3. The van der Waals surface area contributed by atoms with E-state index in [1.165, 1.54) is 16.3 Å². The molecule has 0 aromatic heterocycles. The molecule has 4 nitrogen and oxygen atoms in total. The van der Waals surface area contributed by atoms with Crippen molar-refractivity contribution in [2.45, 2.75) is 38.5 Å². The van der Waals surface area contributed by atoms with Crippen molar-refractivity contribution in [1.82, 2.24) is 10.2 Å². The lowest BCUT2D eigenvalue weighted by atomic mass is 10.0. The van der Waals surface area contributed by atoms with E-state index in [0.717, 1.165) is 6.42 Å². The number of hydrogen-bond donors (Lipinski definition) is 2. The molecular weight excluding hydrogens is 288 g/mol. The number of rotatable bonds is 5. The van der Waals surface area contributed by atoms with Crippen LogP contribution in [-0.4, -0.2) is 41.3 Å². The van der Waals surface area contributed by atoms with Crippen molar-refractivity contribution < 1.29 is 9.90 Å². The molecule has 1 aliphatic heterocycles. The Balaban J connectivity index is 1.69. The van der Waals surface area contributed by atoms with Crippen LogP contribution in [-0.2, 0) is 11.2 Å². The Morgan fingerprint density at radius 3 is 2.74 bits per heavy atom. The number of aliphatic hydroxyl groups is 1. The average molecular weight is 312 g/mol. The first kappa shape index (κ1) is 16.0. The Kier molecular flexibility index (Phi) is 4.94. The van der Waals surface area contributed by atoms with Crippen LogP contribution in [0.2, 0.25) is 0 Å². The lowest BCUT2D eigenvalue weighted by Crippen LogP contribution is -2.45. The number of fused-ring (bicyclic) bond motifs is 1. The van der Waals surface area contributed by atoms with Crippen molar-refractivity contribution in [3.63, 3.8) is 0 Å². The summed E-state index contributed by atoms with van der Waals surface area (Å²) in [5.41, 5.74) is 1.27. The molecule has 2 N–H and O–H groups in total. The minimum Gasteiger partial charge on any atom is -0.379 e. The summed E-state index contributed by atoms with van der Waals surface area (Å²) in [6.45, 7) is 3.40. The predicted molar refractivity (Wildman–Crippen MR) is 92.1 cm³/mol. The van der Waals surface area contributed by atoms with Gasteiger partial charge >= 0.3 is 0 Å². The smallest absolute Gasteiger partial charge is 0.239 e. The van der Waals surface area contributed by atoms with Crippen molar-refractivity contribution in [1.29, 1.82) is 0 Å². The Morgan fingerprint density at radius 1 is 1.22 bits per heavy atom. The molecule has 1 amide bonds. The van der Waals surface area contributed by atoms with Gasteiger partial charge in [0.15, 0.2) is 0 Å². The fraction of sp³-hybridized carbons (Fsp3) is 0.421. The molecule has 0 spiro atoms. The normalized spacial score (nSPS) is 20.8. The maximum Gasteiger partial charge on any atom is 0.239 e. The predicted octanol–water partition coefficient (Wildman–Crippen LogP) is 2.30. The molecule has 0 bridgehead atoms. The molecule has 1 unspecified atom stereocenters. The van der Waals surface area contributed by atoms with E-state index >= 15 is 0 Å². The van der Waals surface area contributed by atoms with Crippen molar-refractivity contribution in [3.8, 4) is 0 Å². The van der Waals surface area contributed by atoms with E-state index < -0.39 is 6.23 Å². The van der Waals surface area contributed by atoms with Crippen LogP contribution in [0.15, 0.2) is 42.5 Å². The third-order valence-electron chi connectivity index (χ3n) is 4.64. The van der Waals surface area contributed by atoms with Crippen molar-refractivity contribution in [2.24, 2.45) is 0 Å². The molecule has 1 saturated heterocycles. The van der Waals surface area contributed by atoms with Gasteiger partial charge in [-0.1, -0.05) is 42.5 Å². The highest BCUT2D eigenvalue weighted by Crippen LogP contribution is 2.19. The molecule has 23 heavy (non-hydrogen) atoms. The van der Waals surface area contributed by atoms with Crippen molar-refractivity contribution in [2.75, 3.05) is 13.1 Å². The van der Waals surface area contributed by atoms with Crippen molar-refractivity contribution in [3.05, 3.63) is 48.0 Å². The van der Waals surface area contributed by atoms with E-state index in [0.29, 0.717) is 25.9 Å². The Labute approximate surface area is 137 Å². The summed E-state index contributed by atoms with van der Waals surface area (Å²) in [6, 6.07) is 14.4. The number of hydrogen-bond acceptors (Lipinski definition) is 3. The summed E-state index contributed by atoms with van der Waals surface area (Å²) >= 11 is 0. The van der Waals surface area contributed by atoms with Crippen LogP contribution < -0.4 is 5.32 Å². The van der Waals surface area contributed by atoms with Gasteiger partial charge in [0.25, 0.3) is 0 Å². The summed E-state index contributed by atoms with van der Waals surface area (Å²) in [7, 11) is 0. The number of nitrogens with one attached hydrogen (secondary N) is 1. The van der Waals surface area contributed by atoms with Gasteiger partial charge in [-0.2, -0.15) is 0 Å². The molecule has 2 aromatic carbocycles. The first-order valence-corrected chi connectivity index (χ1v) is 8.38. The number of benzene rings is 2. The molecule has 0 radical (unpaired) electrons. The number of likely N-dealkylation sites (N-methyl/N-ethyl adjacent to an activating group) is 1. The standard InChI is InChI=1S/C19H24N2O2/c1-2-21(19(23)17-10-11-18(22)20-17)13-12-15-8-5-7-14-6-3-4-9-16(14)15/h3-9,17-18,20,22H,2,10-13H2,1H3/t17-,18?/m0/s1. The fourth-order valence-corrected chi connectivity index (χ4v) is 3.33. The quantitative estimate of drug-likeness (QED) is 0.891. The summed E-state index contributed by atoms with van der Waals surface area (Å²) in [4.78, 5) is 14.4. The van der Waals surface area contributed by atoms with Gasteiger partial charge in [0.05, 0.1) is 6.04 Å². The monoisotopic (exact) mass is 312 g/mol. The van der Waals surface area contributed by atoms with E-state index in [4.69, 9.17) is 0 Å². The van der Waals surface area contributed by atoms with Gasteiger partial charge in [0.1, 0.15) is 6.23 Å². The second-order valence-corrected chi connectivity index (χ2v) is 6.12. The fourth-order valence-electron chi connectivity index (χ4n) is 3.33. The molecular formula is C19H24N2O2. The van der Waals surface area contributed by atoms with Crippen LogP contribution in [0.3, 0.4) is 0 Å². The zero-order chi connectivity index (χ0) is 16.2. The molecule has 0 aliphatic carbocycles. The molecule has 1 aliphatic rings. The van der Waals surface area contributed by atoms with Gasteiger partial charge in [-0.05, 0) is 42.5 Å². The SMILES string of the molecule is CCN(CCc1cccc2ccccc12)C(=O)[C@@H]1CCC(O)N1. The van der Waals surface area contributed by atoms with Crippen LogP contribution in [0.25, 0.3) is 10.8 Å². The molecule has 2 atom stereocenters. The van der Waals surface area contributed by atoms with Gasteiger partial charge in [-0.25, -0.2) is 0 Å². The summed E-state index contributed by atoms with van der Waals surface area (Å²) in [5.74, 6) is 0.101. The number of carbonyl (C=O) groups excluding carboxylic acids is 1. The van der Waals surface area contributed by atoms with E-state index in [2.05, 4.69) is 41.7 Å². The number of aliphatic hydroxyl groups excluding tert-OH is 1. The van der Waals surface area contributed by atoms with Gasteiger partial charge in [0.2, 0.25) is 5.91 Å². The van der Waals surface area contributed by atoms with Crippen LogP contribution in [0.5, 0.6) is 0 Å². The van der Waals surface area contributed by atoms with Gasteiger partial charge in [0, 0.05) is 13.1 Å². The largest absolute Gasteiger partial charge is 0.379 e. The number of carbonyl (C=O) groups is 1. The first-order valence-electron chi connectivity index (χ1n) is 8.38. The molecule has 1 fully saturated rings. The third-order valence-corrected chi connectivity index (χ3v) is 4.64. The summed E-state index contributed by atoms with van der Waals surface area (Å²) < 4.78 is 0. The second kappa shape index (κ2) is 7.11. The van der Waals surface area contributed by atoms with Crippen LogP contribution in [0.4, 0.5) is 0 Å². The van der Waals surface area contributed by atoms with Gasteiger partial charge in [-0.3, -0.25) is 10.1 Å². The maximum absolute atomic E-state index is 12.6. The Bertz CT molecular complexity index is 681. The van der Waals surface area contributed by atoms with E-state index in [9.17, 15) is 9.90 Å². The number of amides is 1. The average Bonchev–Trinajstić information content (AvgIpc) is 3.02. The Hall–Kier alpha value is -1.91. The zero-order valence-electron chi connectivity index (χ0n) is 13.5. The van der Waals surface area contributed by atoms with Crippen molar-refractivity contribution >= 4 is 16.7 Å². The molecule has 0 saturated carbocycles.